The number of allylic oxidation sites excluding steroid dienone is 2. The van der Waals surface area contributed by atoms with Gasteiger partial charge in [0.1, 0.15) is 6.60 Å². The Morgan fingerprint density at radius 1 is 1.33 bits per heavy atom. The molecule has 4 heteroatoms. The van der Waals surface area contributed by atoms with Gasteiger partial charge in [-0.05, 0) is 5.41 Å². The van der Waals surface area contributed by atoms with E-state index in [0.717, 1.165) is 6.39 Å². The summed E-state index contributed by atoms with van der Waals surface area (Å²) in [4.78, 5) is 0. The first-order valence-electron chi connectivity index (χ1n) is 4.82. The third-order valence-corrected chi connectivity index (χ3v) is 2.51. The van der Waals surface area contributed by atoms with Crippen LogP contribution in [0.1, 0.15) is 20.8 Å². The summed E-state index contributed by atoms with van der Waals surface area (Å²) in [6.07, 6.45) is 3.02. The van der Waals surface area contributed by atoms with Crippen molar-refractivity contribution in [3.05, 3.63) is 23.6 Å². The first-order chi connectivity index (χ1) is 5.41. The van der Waals surface area contributed by atoms with Crippen LogP contribution < -0.4 is 0 Å². The second kappa shape index (κ2) is 3.24. The first-order valence-corrected chi connectivity index (χ1v) is 4.82. The quantitative estimate of drug-likeness (QED) is 0.465. The normalized spacial score (nSPS) is 16.6. The van der Waals surface area contributed by atoms with Crippen LogP contribution in [0.2, 0.25) is 0 Å². The third kappa shape index (κ3) is 2.12. The summed E-state index contributed by atoms with van der Waals surface area (Å²) >= 11 is 0. The number of rotatable bonds is 1. The minimum atomic E-state index is 0.320. The molecule has 0 nitrogen and oxygen atoms in total. The topological polar surface area (TPSA) is 0 Å². The molecule has 1 aliphatic rings. The molecule has 0 amide bonds. The molecule has 0 aromatic heterocycles. The SMILES string of the molecule is BB(B)B1C=CC(C(C)(C)C)=C1. The van der Waals surface area contributed by atoms with Gasteiger partial charge in [-0.1, -0.05) is 32.4 Å². The van der Waals surface area contributed by atoms with Gasteiger partial charge in [-0.25, -0.2) is 0 Å². The van der Waals surface area contributed by atoms with E-state index in [1.54, 1.807) is 0 Å². The molecule has 0 bridgehead atoms. The zero-order valence-electron chi connectivity index (χ0n) is 8.89. The molecule has 12 heavy (non-hydrogen) atoms. The van der Waals surface area contributed by atoms with Crippen molar-refractivity contribution >= 4 is 28.5 Å². The highest BCUT2D eigenvalue weighted by atomic mass is 14.2. The average molecular weight is 155 g/mol. The molecule has 0 aromatic carbocycles. The highest BCUT2D eigenvalue weighted by Crippen LogP contribution is 2.29. The Balaban J connectivity index is 2.75. The maximum absolute atomic E-state index is 2.41. The summed E-state index contributed by atoms with van der Waals surface area (Å²) in [5.74, 6) is 4.73. The smallest absolute Gasteiger partial charge is 0.119 e. The van der Waals surface area contributed by atoms with E-state index in [-0.39, 0.29) is 0 Å². The lowest BCUT2D eigenvalue weighted by Gasteiger charge is -2.19. The summed E-state index contributed by atoms with van der Waals surface area (Å²) < 4.78 is 0. The van der Waals surface area contributed by atoms with Gasteiger partial charge < -0.3 is 0 Å². The Kier molecular flexibility index (Phi) is 2.65. The standard InChI is InChI=1S/C8H16B4/c1-8(2,3)7-4-5-11(6-7)12(9)10/h4-6H,9-10H2,1-3H3. The van der Waals surface area contributed by atoms with E-state index in [9.17, 15) is 0 Å². The number of hydrogen-bond donors (Lipinski definition) is 0. The van der Waals surface area contributed by atoms with Crippen LogP contribution in [0.5, 0.6) is 0 Å². The van der Waals surface area contributed by atoms with Gasteiger partial charge in [0.25, 0.3) is 0 Å². The molecular formula is C8H16B4. The van der Waals surface area contributed by atoms with Crippen LogP contribution >= 0.6 is 0 Å². The van der Waals surface area contributed by atoms with E-state index in [1.807, 2.05) is 0 Å². The van der Waals surface area contributed by atoms with Crippen molar-refractivity contribution in [1.29, 1.82) is 0 Å². The molecule has 0 atom stereocenters. The maximum atomic E-state index is 2.41. The lowest BCUT2D eigenvalue weighted by Crippen LogP contribution is -2.33. The molecule has 0 N–H and O–H groups in total. The lowest BCUT2D eigenvalue weighted by atomic mass is 8.93. The molecule has 0 saturated carbocycles. The fourth-order valence-electron chi connectivity index (χ4n) is 1.45. The van der Waals surface area contributed by atoms with Gasteiger partial charge in [0.2, 0.25) is 0 Å². The monoisotopic (exact) mass is 156 g/mol. The van der Waals surface area contributed by atoms with Crippen molar-refractivity contribution in [1.82, 2.24) is 0 Å². The van der Waals surface area contributed by atoms with Gasteiger partial charge in [0.15, 0.2) is 0 Å². The highest BCUT2D eigenvalue weighted by Gasteiger charge is 2.23. The molecule has 0 aromatic rings. The van der Waals surface area contributed by atoms with Gasteiger partial charge in [-0.15, -0.1) is 12.0 Å². The first kappa shape index (κ1) is 9.82. The summed E-state index contributed by atoms with van der Waals surface area (Å²) in [7, 11) is 4.55. The van der Waals surface area contributed by atoms with Crippen molar-refractivity contribution < 1.29 is 0 Å². The molecule has 1 rings (SSSR count). The number of hydrogen-bond acceptors (Lipinski definition) is 0. The second-order valence-corrected chi connectivity index (χ2v) is 5.05. The molecule has 60 valence electrons. The fourth-order valence-corrected chi connectivity index (χ4v) is 1.45. The van der Waals surface area contributed by atoms with E-state index >= 15 is 0 Å². The van der Waals surface area contributed by atoms with Crippen molar-refractivity contribution in [2.45, 2.75) is 20.8 Å². The Morgan fingerprint density at radius 3 is 2.17 bits per heavy atom. The summed E-state index contributed by atoms with van der Waals surface area (Å²) in [5.41, 5.74) is 1.81. The van der Waals surface area contributed by atoms with Crippen LogP contribution in [0.15, 0.2) is 23.6 Å². The van der Waals surface area contributed by atoms with E-state index in [4.69, 9.17) is 0 Å². The molecule has 0 spiro atoms. The van der Waals surface area contributed by atoms with Crippen LogP contribution in [-0.4, -0.2) is 28.5 Å². The second-order valence-electron chi connectivity index (χ2n) is 5.05. The highest BCUT2D eigenvalue weighted by molar-refractivity contribution is 7.60. The van der Waals surface area contributed by atoms with Gasteiger partial charge in [0, 0.05) is 6.39 Å². The van der Waals surface area contributed by atoms with Crippen LogP contribution in [0.4, 0.5) is 0 Å². The van der Waals surface area contributed by atoms with Crippen molar-refractivity contribution in [2.75, 3.05) is 0 Å². The van der Waals surface area contributed by atoms with Gasteiger partial charge in [-0.3, -0.25) is 0 Å². The molecular weight excluding hydrogens is 139 g/mol. The zero-order valence-corrected chi connectivity index (χ0v) is 8.89. The van der Waals surface area contributed by atoms with Gasteiger partial charge >= 0.3 is 0 Å². The van der Waals surface area contributed by atoms with Crippen LogP contribution in [0, 0.1) is 5.41 Å². The van der Waals surface area contributed by atoms with E-state index in [2.05, 4.69) is 54.3 Å². The van der Waals surface area contributed by atoms with E-state index < -0.39 is 0 Å². The fraction of sp³-hybridized carbons (Fsp3) is 0.500. The van der Waals surface area contributed by atoms with Crippen molar-refractivity contribution in [2.24, 2.45) is 5.41 Å². The summed E-state index contributed by atoms with van der Waals surface area (Å²) in [6, 6.07) is 0. The maximum Gasteiger partial charge on any atom is 0.144 e. The largest absolute Gasteiger partial charge is 0.144 e. The van der Waals surface area contributed by atoms with Crippen molar-refractivity contribution in [3.8, 4) is 0 Å². The van der Waals surface area contributed by atoms with Crippen LogP contribution in [-0.2, 0) is 0 Å². The van der Waals surface area contributed by atoms with Crippen LogP contribution in [0.25, 0.3) is 0 Å². The molecule has 1 aliphatic heterocycles. The average Bonchev–Trinajstić information content (AvgIpc) is 2.30. The molecule has 0 aliphatic carbocycles. The van der Waals surface area contributed by atoms with E-state index in [0.29, 0.717) is 12.0 Å². The molecule has 1 heterocycles. The molecule has 0 unspecified atom stereocenters. The lowest BCUT2D eigenvalue weighted by molar-refractivity contribution is 0.519. The molecule has 0 saturated heterocycles. The third-order valence-electron chi connectivity index (χ3n) is 2.51. The predicted octanol–water partition coefficient (Wildman–Crippen LogP) is -0.0653. The van der Waals surface area contributed by atoms with Crippen LogP contribution in [0.3, 0.4) is 0 Å². The van der Waals surface area contributed by atoms with Gasteiger partial charge in [0.05, 0.1) is 15.5 Å². The minimum absolute atomic E-state index is 0.320. The zero-order chi connectivity index (χ0) is 9.35. The Bertz CT molecular complexity index is 222. The van der Waals surface area contributed by atoms with Crippen molar-refractivity contribution in [3.63, 3.8) is 0 Å². The Hall–Kier alpha value is -0.260. The molecule has 0 fully saturated rings. The van der Waals surface area contributed by atoms with Gasteiger partial charge in [-0.2, -0.15) is 0 Å². The Morgan fingerprint density at radius 2 is 1.92 bits per heavy atom. The summed E-state index contributed by atoms with van der Waals surface area (Å²) in [6.45, 7) is 7.48. The minimum Gasteiger partial charge on any atom is -0.119 e. The molecule has 0 radical (unpaired) electrons. The predicted molar refractivity (Wildman–Crippen MR) is 65.3 cm³/mol. The summed E-state index contributed by atoms with van der Waals surface area (Å²) in [5, 5.41) is 0. The van der Waals surface area contributed by atoms with E-state index in [1.165, 1.54) is 5.57 Å². The Labute approximate surface area is 78.8 Å².